The minimum absolute atomic E-state index is 0.0492. The van der Waals surface area contributed by atoms with E-state index in [2.05, 4.69) is 37.0 Å². The first-order valence-electron chi connectivity index (χ1n) is 17.1. The fourth-order valence-corrected chi connectivity index (χ4v) is 7.58. The van der Waals surface area contributed by atoms with Crippen molar-refractivity contribution in [2.24, 2.45) is 29.6 Å². The van der Waals surface area contributed by atoms with Gasteiger partial charge in [0.15, 0.2) is 11.4 Å². The van der Waals surface area contributed by atoms with Gasteiger partial charge >= 0.3 is 0 Å². The zero-order chi connectivity index (χ0) is 42.5. The molecule has 2 aliphatic carbocycles. The molecule has 58 heavy (non-hydrogen) atoms. The Morgan fingerprint density at radius 1 is 1.14 bits per heavy atom. The monoisotopic (exact) mass is 857 g/mol. The summed E-state index contributed by atoms with van der Waals surface area (Å²) in [4.78, 5) is 21.9. The van der Waals surface area contributed by atoms with Crippen LogP contribution in [-0.2, 0) is 28.3 Å². The van der Waals surface area contributed by atoms with Crippen molar-refractivity contribution in [3.8, 4) is 23.0 Å². The van der Waals surface area contributed by atoms with E-state index in [1.165, 1.54) is 36.0 Å². The van der Waals surface area contributed by atoms with Crippen molar-refractivity contribution in [1.82, 2.24) is 20.1 Å². The van der Waals surface area contributed by atoms with Crippen molar-refractivity contribution in [2.45, 2.75) is 36.8 Å². The van der Waals surface area contributed by atoms with Gasteiger partial charge in [-0.25, -0.2) is 39.7 Å². The maximum atomic E-state index is 15.2. The average Bonchev–Trinajstić information content (AvgIpc) is 3.83. The van der Waals surface area contributed by atoms with Crippen LogP contribution in [0.1, 0.15) is 29.4 Å². The molecule has 308 valence electrons. The Balaban J connectivity index is 1.52. The molecule has 0 bridgehead atoms. The molecular weight excluding hydrogens is 826 g/mol. The molecular formula is C37H32ClF8N7O4S. The summed E-state index contributed by atoms with van der Waals surface area (Å²) in [5, 5.41) is 17.1. The molecule has 2 aromatic heterocycles. The molecule has 2 heterocycles. The first-order valence-corrected chi connectivity index (χ1v) is 19.4. The van der Waals surface area contributed by atoms with E-state index in [0.29, 0.717) is 6.07 Å². The third kappa shape index (κ3) is 8.61. The molecule has 0 radical (unpaired) electrons. The maximum absolute atomic E-state index is 15.2. The number of allylic oxidation sites excluding steroid dienone is 2. The lowest BCUT2D eigenvalue weighted by Crippen LogP contribution is -2.35. The van der Waals surface area contributed by atoms with Crippen LogP contribution in [0.15, 0.2) is 58.7 Å². The lowest BCUT2D eigenvalue weighted by molar-refractivity contribution is -0.120. The van der Waals surface area contributed by atoms with E-state index in [1.807, 2.05) is 0 Å². The Kier molecular flexibility index (Phi) is 11.6. The third-order valence-electron chi connectivity index (χ3n) is 9.45. The molecule has 0 spiro atoms. The standard InChI is InChI=1S/C37H32ClF8N7O4S/c1-53-32-22(5-6-25(38)29(32)35(51-53)52-58(2,56)57)21-4-3-20(7-8-36(55,15-39)16-40)49-31(21)26(11-17-9-18(41)12-19(42)10-17)50-27(54)14-48-33-28(30(47)34(43)44)23-13-24(23)37(33,45)46/h3-6,9-10,12,23-24,26,34,55H,11,13-16,47H2,1-2H3,(H,50,54)(H,51,52)/t23-,24+,26-/m0/s1. The summed E-state index contributed by atoms with van der Waals surface area (Å²) in [5.41, 5.74) is 0.217. The number of pyridine rings is 1. The molecule has 6 rings (SSSR count). The topological polar surface area (TPSA) is 165 Å². The molecule has 1 amide bonds. The number of nitrogens with zero attached hydrogens (tertiary/aromatic N) is 4. The van der Waals surface area contributed by atoms with Gasteiger partial charge in [0.05, 0.1) is 39.6 Å². The van der Waals surface area contributed by atoms with E-state index in [4.69, 9.17) is 17.3 Å². The fourth-order valence-electron chi connectivity index (χ4n) is 6.84. The van der Waals surface area contributed by atoms with Gasteiger partial charge in [0.25, 0.3) is 12.3 Å². The fraction of sp³-hybridized carbons (Fsp3) is 0.351. The van der Waals surface area contributed by atoms with Crippen LogP contribution >= 0.6 is 11.6 Å². The number of fused-ring (bicyclic) bond motifs is 2. The predicted molar refractivity (Wildman–Crippen MR) is 198 cm³/mol. The number of alkyl halides is 6. The molecule has 2 fully saturated rings. The van der Waals surface area contributed by atoms with Crippen LogP contribution in [0.3, 0.4) is 0 Å². The minimum Gasteiger partial charge on any atom is -0.397 e. The zero-order valence-electron chi connectivity index (χ0n) is 30.2. The van der Waals surface area contributed by atoms with Crippen LogP contribution in [-0.4, -0.2) is 84.0 Å². The molecule has 4 aromatic rings. The average molecular weight is 858 g/mol. The van der Waals surface area contributed by atoms with Gasteiger partial charge in [-0.05, 0) is 60.6 Å². The summed E-state index contributed by atoms with van der Waals surface area (Å²) in [6.45, 7) is -4.25. The Labute approximate surface area is 330 Å². The van der Waals surface area contributed by atoms with E-state index >= 15 is 8.78 Å². The Morgan fingerprint density at radius 3 is 2.41 bits per heavy atom. The molecule has 21 heteroatoms. The number of aryl methyl sites for hydroxylation is 1. The van der Waals surface area contributed by atoms with E-state index in [1.54, 1.807) is 0 Å². The second-order valence-electron chi connectivity index (χ2n) is 13.9. The summed E-state index contributed by atoms with van der Waals surface area (Å²) in [7, 11) is -2.43. The summed E-state index contributed by atoms with van der Waals surface area (Å²) >= 11 is 6.52. The summed E-state index contributed by atoms with van der Waals surface area (Å²) in [5.74, 6) is -4.81. The van der Waals surface area contributed by atoms with Crippen molar-refractivity contribution >= 4 is 50.0 Å². The SMILES string of the molecule is Cn1nc(NS(C)(=O)=O)c2c(Cl)ccc(-c3ccc(C#CC(O)(CF)CF)nc3[C@H](Cc3cc(F)cc(F)c3)NC(=O)CN=C3C(=C(N)C(F)F)[C@H]4C[C@H]4C3(F)F)c21. The van der Waals surface area contributed by atoms with Crippen molar-refractivity contribution in [2.75, 3.05) is 30.9 Å². The van der Waals surface area contributed by atoms with Gasteiger partial charge in [0.2, 0.25) is 15.9 Å². The van der Waals surface area contributed by atoms with Gasteiger partial charge in [0, 0.05) is 35.7 Å². The first-order chi connectivity index (χ1) is 27.2. The van der Waals surface area contributed by atoms with Crippen LogP contribution < -0.4 is 15.8 Å². The van der Waals surface area contributed by atoms with E-state index in [0.717, 1.165) is 18.4 Å². The van der Waals surface area contributed by atoms with Crippen LogP contribution in [0, 0.1) is 35.3 Å². The smallest absolute Gasteiger partial charge is 0.292 e. The van der Waals surface area contributed by atoms with E-state index < -0.39 is 107 Å². The second kappa shape index (κ2) is 15.8. The number of aromatic nitrogens is 3. The van der Waals surface area contributed by atoms with Crippen LogP contribution in [0.4, 0.5) is 40.9 Å². The highest BCUT2D eigenvalue weighted by Gasteiger charge is 2.67. The van der Waals surface area contributed by atoms with Crippen molar-refractivity contribution < 1.29 is 53.4 Å². The van der Waals surface area contributed by atoms with E-state index in [-0.39, 0.29) is 56.2 Å². The number of aliphatic imine (C=N–C) groups is 1. The quantitative estimate of drug-likeness (QED) is 0.107. The van der Waals surface area contributed by atoms with E-state index in [9.17, 15) is 44.7 Å². The molecule has 2 aromatic carbocycles. The molecule has 2 aliphatic rings. The normalized spacial score (nSPS) is 19.5. The Bertz CT molecular complexity index is 2530. The Morgan fingerprint density at radius 2 is 1.79 bits per heavy atom. The van der Waals surface area contributed by atoms with Gasteiger partial charge < -0.3 is 16.2 Å². The van der Waals surface area contributed by atoms with Gasteiger partial charge in [0.1, 0.15) is 42.9 Å². The number of nitrogens with one attached hydrogen (secondary N) is 2. The predicted octanol–water partition coefficient (Wildman–Crippen LogP) is 5.56. The van der Waals surface area contributed by atoms with Gasteiger partial charge in [-0.2, -0.15) is 13.9 Å². The number of hydrogen-bond donors (Lipinski definition) is 4. The van der Waals surface area contributed by atoms with Crippen molar-refractivity contribution in [3.63, 3.8) is 0 Å². The number of benzene rings is 2. The number of anilines is 1. The minimum atomic E-state index is -3.89. The largest absolute Gasteiger partial charge is 0.397 e. The number of hydrogen-bond acceptors (Lipinski definition) is 8. The lowest BCUT2D eigenvalue weighted by atomic mass is 9.93. The zero-order valence-corrected chi connectivity index (χ0v) is 31.8. The molecule has 11 nitrogen and oxygen atoms in total. The van der Waals surface area contributed by atoms with Crippen LogP contribution in [0.2, 0.25) is 5.02 Å². The number of carbonyl (C=O) groups excluding carboxylic acids is 1. The Hall–Kier alpha value is -5.26. The lowest BCUT2D eigenvalue weighted by Gasteiger charge is -2.23. The van der Waals surface area contributed by atoms with Crippen LogP contribution in [0.25, 0.3) is 22.0 Å². The number of nitrogens with two attached hydrogens (primary N) is 1. The maximum Gasteiger partial charge on any atom is 0.292 e. The number of halogens is 9. The summed E-state index contributed by atoms with van der Waals surface area (Å²) in [6, 6.07) is 6.54. The summed E-state index contributed by atoms with van der Waals surface area (Å²) < 4.78 is 142. The molecule has 0 aliphatic heterocycles. The first kappa shape index (κ1) is 42.3. The number of carbonyl (C=O) groups is 1. The molecule has 0 saturated heterocycles. The summed E-state index contributed by atoms with van der Waals surface area (Å²) in [6.07, 6.45) is -2.95. The molecule has 3 atom stereocenters. The highest BCUT2D eigenvalue weighted by Crippen LogP contribution is 2.62. The number of rotatable bonds is 12. The number of sulfonamides is 1. The number of aliphatic hydroxyl groups is 1. The molecule has 2 saturated carbocycles. The van der Waals surface area contributed by atoms with Gasteiger partial charge in [-0.15, -0.1) is 0 Å². The van der Waals surface area contributed by atoms with Gasteiger partial charge in [-0.1, -0.05) is 23.6 Å². The van der Waals surface area contributed by atoms with Crippen LogP contribution in [0.5, 0.6) is 0 Å². The molecule has 5 N–H and O–H groups in total. The van der Waals surface area contributed by atoms with Gasteiger partial charge in [-0.3, -0.25) is 19.2 Å². The second-order valence-corrected chi connectivity index (χ2v) is 16.0. The number of amides is 1. The third-order valence-corrected chi connectivity index (χ3v) is 10.3. The molecule has 0 unspecified atom stereocenters. The highest BCUT2D eigenvalue weighted by atomic mass is 35.5. The van der Waals surface area contributed by atoms with Crippen molar-refractivity contribution in [3.05, 3.63) is 87.3 Å². The highest BCUT2D eigenvalue weighted by molar-refractivity contribution is 7.92. The van der Waals surface area contributed by atoms with Crippen molar-refractivity contribution in [1.29, 1.82) is 0 Å².